The first-order valence-electron chi connectivity index (χ1n) is 19.2. The van der Waals surface area contributed by atoms with Gasteiger partial charge in [-0.05, 0) is 98.8 Å². The average molecular weight is 747 g/mol. The summed E-state index contributed by atoms with van der Waals surface area (Å²) in [4.78, 5) is 7.36. The van der Waals surface area contributed by atoms with Crippen LogP contribution < -0.4 is 4.90 Å². The van der Waals surface area contributed by atoms with Crippen molar-refractivity contribution in [1.29, 1.82) is 0 Å². The van der Waals surface area contributed by atoms with Crippen molar-refractivity contribution < 1.29 is 4.42 Å². The Balaban J connectivity index is 1.09. The summed E-state index contributed by atoms with van der Waals surface area (Å²) in [6, 6.07) is 73.5. The van der Waals surface area contributed by atoms with Gasteiger partial charge in [0.15, 0.2) is 0 Å². The Morgan fingerprint density at radius 1 is 0.404 bits per heavy atom. The molecule has 0 amide bonds. The summed E-state index contributed by atoms with van der Waals surface area (Å²) < 4.78 is 7.82. The van der Waals surface area contributed by atoms with Crippen molar-refractivity contribution in [2.24, 2.45) is 0 Å². The van der Waals surface area contributed by atoms with Crippen molar-refractivity contribution in [3.8, 4) is 44.0 Å². The molecule has 0 atom stereocenters. The molecule has 0 aliphatic heterocycles. The van der Waals surface area contributed by atoms with Crippen molar-refractivity contribution >= 4 is 71.3 Å². The van der Waals surface area contributed by atoms with Crippen LogP contribution in [-0.2, 0) is 0 Å². The smallest absolute Gasteiger partial charge is 0.137 e. The van der Waals surface area contributed by atoms with E-state index in [1.807, 2.05) is 6.07 Å². The summed E-state index contributed by atoms with van der Waals surface area (Å²) in [5.74, 6) is 0. The normalized spacial score (nSPS) is 11.5. The number of nitrogens with zero attached hydrogens (tertiary/aromatic N) is 2. The summed E-state index contributed by atoms with van der Waals surface area (Å²) in [5.41, 5.74) is 14.0. The van der Waals surface area contributed by atoms with Crippen LogP contribution >= 0.6 is 11.3 Å². The van der Waals surface area contributed by atoms with Gasteiger partial charge in [0, 0.05) is 39.5 Å². The minimum Gasteiger partial charge on any atom is -0.456 e. The zero-order valence-corrected chi connectivity index (χ0v) is 31.7. The molecule has 0 saturated carbocycles. The number of fused-ring (bicyclic) bond motifs is 6. The molecule has 0 aliphatic rings. The summed E-state index contributed by atoms with van der Waals surface area (Å²) in [6.45, 7) is 0. The van der Waals surface area contributed by atoms with Gasteiger partial charge in [-0.1, -0.05) is 146 Å². The fourth-order valence-corrected chi connectivity index (χ4v) is 9.22. The second-order valence-electron chi connectivity index (χ2n) is 14.4. The Labute approximate surface area is 334 Å². The third-order valence-corrected chi connectivity index (χ3v) is 12.0. The Morgan fingerprint density at radius 3 is 1.79 bits per heavy atom. The lowest BCUT2D eigenvalue weighted by atomic mass is 9.92. The first-order chi connectivity index (χ1) is 28.2. The molecule has 0 spiro atoms. The average Bonchev–Trinajstić information content (AvgIpc) is 3.89. The summed E-state index contributed by atoms with van der Waals surface area (Å²) in [7, 11) is 0. The fraction of sp³-hybridized carbons (Fsp3) is 0. The van der Waals surface area contributed by atoms with Crippen molar-refractivity contribution in [3.05, 3.63) is 206 Å². The predicted molar refractivity (Wildman–Crippen MR) is 241 cm³/mol. The van der Waals surface area contributed by atoms with Gasteiger partial charge >= 0.3 is 0 Å². The molecule has 11 aromatic rings. The van der Waals surface area contributed by atoms with E-state index in [1.54, 1.807) is 11.3 Å². The number of aromatic nitrogens is 1. The zero-order valence-electron chi connectivity index (χ0n) is 30.8. The summed E-state index contributed by atoms with van der Waals surface area (Å²) >= 11 is 1.72. The monoisotopic (exact) mass is 746 g/mol. The van der Waals surface area contributed by atoms with Gasteiger partial charge in [-0.2, -0.15) is 0 Å². The minimum atomic E-state index is 0.839. The maximum Gasteiger partial charge on any atom is 0.137 e. The molecular weight excluding hydrogens is 713 g/mol. The molecule has 2 heterocycles. The number of hydrogen-bond donors (Lipinski definition) is 0. The quantitative estimate of drug-likeness (QED) is 0.163. The van der Waals surface area contributed by atoms with Crippen LogP contribution in [0.5, 0.6) is 0 Å². The number of rotatable bonds is 7. The van der Waals surface area contributed by atoms with Gasteiger partial charge in [-0.15, -0.1) is 11.3 Å². The Hall–Kier alpha value is -7.27. The highest BCUT2D eigenvalue weighted by Crippen LogP contribution is 2.45. The summed E-state index contributed by atoms with van der Waals surface area (Å²) in [6.07, 6.45) is 0. The van der Waals surface area contributed by atoms with Gasteiger partial charge < -0.3 is 9.32 Å². The van der Waals surface area contributed by atoms with E-state index in [0.717, 1.165) is 59.8 Å². The molecule has 0 saturated heterocycles. The highest BCUT2D eigenvalue weighted by molar-refractivity contribution is 7.22. The lowest BCUT2D eigenvalue weighted by Crippen LogP contribution is -2.10. The van der Waals surface area contributed by atoms with Gasteiger partial charge in [0.25, 0.3) is 0 Å². The summed E-state index contributed by atoms with van der Waals surface area (Å²) in [5, 5.41) is 5.64. The van der Waals surface area contributed by atoms with Crippen molar-refractivity contribution in [2.45, 2.75) is 0 Å². The maximum atomic E-state index is 6.68. The maximum absolute atomic E-state index is 6.68. The molecule has 11 rings (SSSR count). The van der Waals surface area contributed by atoms with E-state index in [9.17, 15) is 0 Å². The number of hydrogen-bond acceptors (Lipinski definition) is 4. The first-order valence-corrected chi connectivity index (χ1v) is 20.0. The third kappa shape index (κ3) is 5.95. The highest BCUT2D eigenvalue weighted by atomic mass is 32.1. The van der Waals surface area contributed by atoms with Crippen molar-refractivity contribution in [3.63, 3.8) is 0 Å². The standard InChI is InChI=1S/C53H34N2OS/c1-4-12-35(13-5-1)37-22-24-42(25-23-37)55(43-26-28-45(38-15-6-2-7-16-38)47(33-43)41-21-20-36-14-10-11-19-40(36)32-41)44-27-29-46-50(34-44)56-49-31-30-48-52(51(46)49)57-53(54-48)39-17-8-3-9-18-39/h1-34H. The molecule has 4 heteroatoms. The van der Waals surface area contributed by atoms with Crippen LogP contribution in [0.4, 0.5) is 17.1 Å². The van der Waals surface area contributed by atoms with Gasteiger partial charge in [-0.25, -0.2) is 4.98 Å². The lowest BCUT2D eigenvalue weighted by molar-refractivity contribution is 0.669. The second-order valence-corrected chi connectivity index (χ2v) is 15.4. The molecule has 268 valence electrons. The highest BCUT2D eigenvalue weighted by Gasteiger charge is 2.20. The largest absolute Gasteiger partial charge is 0.456 e. The molecule has 9 aromatic carbocycles. The molecule has 2 aromatic heterocycles. The Kier molecular flexibility index (Phi) is 8.01. The van der Waals surface area contributed by atoms with E-state index >= 15 is 0 Å². The van der Waals surface area contributed by atoms with E-state index in [0.29, 0.717) is 0 Å². The van der Waals surface area contributed by atoms with Crippen LogP contribution in [0.3, 0.4) is 0 Å². The van der Waals surface area contributed by atoms with E-state index in [2.05, 4.69) is 205 Å². The van der Waals surface area contributed by atoms with Crippen LogP contribution in [0.15, 0.2) is 211 Å². The predicted octanol–water partition coefficient (Wildman–Crippen LogP) is 15.5. The number of benzene rings is 9. The lowest BCUT2D eigenvalue weighted by Gasteiger charge is -2.27. The van der Waals surface area contributed by atoms with Gasteiger partial charge in [0.1, 0.15) is 16.2 Å². The molecule has 0 aliphatic carbocycles. The molecule has 0 unspecified atom stereocenters. The molecule has 0 bridgehead atoms. The molecular formula is C53H34N2OS. The van der Waals surface area contributed by atoms with Gasteiger partial charge in [-0.3, -0.25) is 0 Å². The van der Waals surface area contributed by atoms with E-state index in [-0.39, 0.29) is 0 Å². The third-order valence-electron chi connectivity index (χ3n) is 10.9. The second kappa shape index (κ2) is 13.8. The molecule has 57 heavy (non-hydrogen) atoms. The SMILES string of the molecule is c1ccc(-c2ccc(N(c3ccc(-c4ccccc4)c(-c4ccc5ccccc5c4)c3)c3ccc4c(c3)oc3ccc5nc(-c6ccccc6)sc5c34)cc2)cc1. The van der Waals surface area contributed by atoms with Crippen molar-refractivity contribution in [2.75, 3.05) is 4.90 Å². The van der Waals surface area contributed by atoms with Crippen LogP contribution in [0.1, 0.15) is 0 Å². The molecule has 0 radical (unpaired) electrons. The van der Waals surface area contributed by atoms with Gasteiger partial charge in [0.2, 0.25) is 0 Å². The van der Waals surface area contributed by atoms with Crippen LogP contribution in [0, 0.1) is 0 Å². The Morgan fingerprint density at radius 2 is 1.02 bits per heavy atom. The first kappa shape index (κ1) is 33.1. The topological polar surface area (TPSA) is 29.3 Å². The minimum absolute atomic E-state index is 0.839. The van der Waals surface area contributed by atoms with Crippen LogP contribution in [0.2, 0.25) is 0 Å². The van der Waals surface area contributed by atoms with Crippen LogP contribution in [-0.4, -0.2) is 4.98 Å². The van der Waals surface area contributed by atoms with Gasteiger partial charge in [0.05, 0.1) is 10.2 Å². The zero-order chi connectivity index (χ0) is 37.7. The molecule has 0 fully saturated rings. The molecule has 3 nitrogen and oxygen atoms in total. The van der Waals surface area contributed by atoms with E-state index in [4.69, 9.17) is 9.40 Å². The molecule has 0 N–H and O–H groups in total. The number of furan rings is 1. The number of thiazole rings is 1. The van der Waals surface area contributed by atoms with Crippen molar-refractivity contribution in [1.82, 2.24) is 4.98 Å². The van der Waals surface area contributed by atoms with E-state index < -0.39 is 0 Å². The van der Waals surface area contributed by atoms with E-state index in [1.165, 1.54) is 44.2 Å². The fourth-order valence-electron chi connectivity index (χ4n) is 8.09. The Bertz CT molecular complexity index is 3220. The number of anilines is 3. The van der Waals surface area contributed by atoms with Crippen LogP contribution in [0.25, 0.3) is 86.9 Å².